The zero-order valence-electron chi connectivity index (χ0n) is 19.1. The molecule has 1 amide bonds. The predicted molar refractivity (Wildman–Crippen MR) is 130 cm³/mol. The standard InChI is InChI=1S/C27H24N6O/c1-19-9-8-12-21(15-19)33-26(31-13-6-7-14-31)22-17-32(18-24(22)29-33)27(34)25-16-23(28-30(25)2)20-10-4-3-5-11-20/h3-16H,17-18H2,1-2H3. The number of hydrogen-bond acceptors (Lipinski definition) is 3. The molecular weight excluding hydrogens is 424 g/mol. The second kappa shape index (κ2) is 7.88. The van der Waals surface area contributed by atoms with Crippen LogP contribution in [0.5, 0.6) is 0 Å². The highest BCUT2D eigenvalue weighted by Crippen LogP contribution is 2.32. The van der Waals surface area contributed by atoms with Gasteiger partial charge in [0, 0.05) is 30.6 Å². The summed E-state index contributed by atoms with van der Waals surface area (Å²) < 4.78 is 5.72. The minimum absolute atomic E-state index is 0.0456. The molecule has 7 nitrogen and oxygen atoms in total. The second-order valence-corrected chi connectivity index (χ2v) is 8.66. The molecule has 6 rings (SSSR count). The van der Waals surface area contributed by atoms with Crippen molar-refractivity contribution in [3.05, 3.63) is 108 Å². The van der Waals surface area contributed by atoms with E-state index in [0.29, 0.717) is 18.8 Å². The van der Waals surface area contributed by atoms with E-state index in [0.717, 1.165) is 34.0 Å². The lowest BCUT2D eigenvalue weighted by Gasteiger charge is -2.17. The lowest BCUT2D eigenvalue weighted by molar-refractivity contribution is 0.0738. The highest BCUT2D eigenvalue weighted by atomic mass is 16.2. The zero-order valence-corrected chi connectivity index (χ0v) is 19.1. The van der Waals surface area contributed by atoms with E-state index in [1.165, 1.54) is 5.56 Å². The van der Waals surface area contributed by atoms with Gasteiger partial charge >= 0.3 is 0 Å². The van der Waals surface area contributed by atoms with Gasteiger partial charge in [0.1, 0.15) is 11.5 Å². The first-order valence-corrected chi connectivity index (χ1v) is 11.3. The van der Waals surface area contributed by atoms with E-state index in [4.69, 9.17) is 5.10 Å². The number of fused-ring (bicyclic) bond motifs is 1. The van der Waals surface area contributed by atoms with Crippen molar-refractivity contribution in [2.24, 2.45) is 7.05 Å². The molecule has 0 radical (unpaired) electrons. The fourth-order valence-electron chi connectivity index (χ4n) is 4.61. The third kappa shape index (κ3) is 3.33. The average molecular weight is 449 g/mol. The fraction of sp³-hybridized carbons (Fsp3) is 0.148. The molecule has 168 valence electrons. The summed E-state index contributed by atoms with van der Waals surface area (Å²) in [6.45, 7) is 3.04. The van der Waals surface area contributed by atoms with Crippen molar-refractivity contribution in [2.75, 3.05) is 0 Å². The second-order valence-electron chi connectivity index (χ2n) is 8.66. The van der Waals surface area contributed by atoms with E-state index in [2.05, 4.69) is 34.8 Å². The Morgan fingerprint density at radius 1 is 0.882 bits per heavy atom. The van der Waals surface area contributed by atoms with Crippen LogP contribution in [0.3, 0.4) is 0 Å². The van der Waals surface area contributed by atoms with Gasteiger partial charge in [-0.05, 0) is 42.8 Å². The van der Waals surface area contributed by atoms with Crippen LogP contribution in [0.1, 0.15) is 27.3 Å². The van der Waals surface area contributed by atoms with Crippen LogP contribution in [0.25, 0.3) is 22.8 Å². The average Bonchev–Trinajstić information content (AvgIpc) is 3.62. The van der Waals surface area contributed by atoms with Crippen molar-refractivity contribution in [3.63, 3.8) is 0 Å². The van der Waals surface area contributed by atoms with Gasteiger partial charge in [0.25, 0.3) is 5.91 Å². The van der Waals surface area contributed by atoms with Crippen LogP contribution in [0.2, 0.25) is 0 Å². The number of carbonyl (C=O) groups is 1. The SMILES string of the molecule is Cc1cccc(-n2nc3c(c2-n2cccc2)CN(C(=O)c2cc(-c4ccccc4)nn2C)C3)c1. The molecule has 2 aromatic carbocycles. The molecule has 0 aliphatic carbocycles. The molecule has 0 saturated carbocycles. The Morgan fingerprint density at radius 3 is 2.44 bits per heavy atom. The molecule has 0 spiro atoms. The number of aryl methyl sites for hydroxylation is 2. The van der Waals surface area contributed by atoms with Crippen molar-refractivity contribution in [1.82, 2.24) is 29.0 Å². The smallest absolute Gasteiger partial charge is 0.272 e. The molecule has 34 heavy (non-hydrogen) atoms. The van der Waals surface area contributed by atoms with Gasteiger partial charge < -0.3 is 9.47 Å². The van der Waals surface area contributed by atoms with Crippen molar-refractivity contribution in [2.45, 2.75) is 20.0 Å². The molecule has 0 fully saturated rings. The van der Waals surface area contributed by atoms with Crippen molar-refractivity contribution in [3.8, 4) is 22.8 Å². The molecular formula is C27H24N6O. The topological polar surface area (TPSA) is 60.9 Å². The third-order valence-corrected chi connectivity index (χ3v) is 6.28. The lowest BCUT2D eigenvalue weighted by atomic mass is 10.1. The van der Waals surface area contributed by atoms with Crippen molar-refractivity contribution < 1.29 is 4.79 Å². The number of aromatic nitrogens is 5. The fourth-order valence-corrected chi connectivity index (χ4v) is 4.61. The molecule has 0 bridgehead atoms. The predicted octanol–water partition coefficient (Wildman–Crippen LogP) is 4.53. The molecule has 0 unspecified atom stereocenters. The number of hydrogen-bond donors (Lipinski definition) is 0. The molecule has 1 aliphatic heterocycles. The molecule has 4 heterocycles. The number of amides is 1. The highest BCUT2D eigenvalue weighted by Gasteiger charge is 2.33. The first-order valence-electron chi connectivity index (χ1n) is 11.3. The number of carbonyl (C=O) groups excluding carboxylic acids is 1. The summed E-state index contributed by atoms with van der Waals surface area (Å²) in [4.78, 5) is 15.3. The Morgan fingerprint density at radius 2 is 1.68 bits per heavy atom. The van der Waals surface area contributed by atoms with E-state index in [9.17, 15) is 4.79 Å². The summed E-state index contributed by atoms with van der Waals surface area (Å²) >= 11 is 0. The molecule has 1 aliphatic rings. The molecule has 0 saturated heterocycles. The molecule has 0 N–H and O–H groups in total. The van der Waals surface area contributed by atoms with E-state index >= 15 is 0 Å². The Labute approximate surface area is 197 Å². The first kappa shape index (κ1) is 20.2. The van der Waals surface area contributed by atoms with Crippen LogP contribution in [0.15, 0.2) is 85.2 Å². The number of benzene rings is 2. The lowest BCUT2D eigenvalue weighted by Crippen LogP contribution is -2.28. The highest BCUT2D eigenvalue weighted by molar-refractivity contribution is 5.94. The Balaban J connectivity index is 1.35. The maximum absolute atomic E-state index is 13.5. The molecule has 7 heteroatoms. The minimum atomic E-state index is -0.0456. The minimum Gasteiger partial charge on any atom is -0.327 e. The Bertz CT molecular complexity index is 1490. The van der Waals surface area contributed by atoms with Gasteiger partial charge in [-0.2, -0.15) is 10.2 Å². The normalized spacial score (nSPS) is 12.8. The van der Waals surface area contributed by atoms with Gasteiger partial charge in [-0.15, -0.1) is 0 Å². The summed E-state index contributed by atoms with van der Waals surface area (Å²) in [5.41, 5.74) is 6.52. The summed E-state index contributed by atoms with van der Waals surface area (Å²) in [6.07, 6.45) is 4.03. The van der Waals surface area contributed by atoms with Crippen molar-refractivity contribution in [1.29, 1.82) is 0 Å². The van der Waals surface area contributed by atoms with E-state index < -0.39 is 0 Å². The summed E-state index contributed by atoms with van der Waals surface area (Å²) in [6, 6.07) is 24.1. The van der Waals surface area contributed by atoms with Crippen molar-refractivity contribution >= 4 is 5.91 Å². The third-order valence-electron chi connectivity index (χ3n) is 6.28. The number of nitrogens with zero attached hydrogens (tertiary/aromatic N) is 6. The summed E-state index contributed by atoms with van der Waals surface area (Å²) in [5.74, 6) is 0.923. The van der Waals surface area contributed by atoms with Crippen LogP contribution >= 0.6 is 0 Å². The largest absolute Gasteiger partial charge is 0.327 e. The van der Waals surface area contributed by atoms with Crippen LogP contribution in [0.4, 0.5) is 0 Å². The van der Waals surface area contributed by atoms with Gasteiger partial charge in [-0.25, -0.2) is 4.68 Å². The van der Waals surface area contributed by atoms with Crippen LogP contribution < -0.4 is 0 Å². The maximum atomic E-state index is 13.5. The number of rotatable bonds is 4. The molecule has 5 aromatic rings. The maximum Gasteiger partial charge on any atom is 0.272 e. The summed E-state index contributed by atoms with van der Waals surface area (Å²) in [5, 5.41) is 9.51. The van der Waals surface area contributed by atoms with Gasteiger partial charge in [-0.1, -0.05) is 42.5 Å². The molecule has 0 atom stereocenters. The van der Waals surface area contributed by atoms with Crippen LogP contribution in [-0.2, 0) is 20.1 Å². The monoisotopic (exact) mass is 448 g/mol. The van der Waals surface area contributed by atoms with Gasteiger partial charge in [0.2, 0.25) is 0 Å². The van der Waals surface area contributed by atoms with Crippen LogP contribution in [-0.4, -0.2) is 34.9 Å². The summed E-state index contributed by atoms with van der Waals surface area (Å²) in [7, 11) is 1.82. The molecule has 3 aromatic heterocycles. The Hall–Kier alpha value is -4.39. The first-order chi connectivity index (χ1) is 16.6. The van der Waals surface area contributed by atoms with Gasteiger partial charge in [0.05, 0.1) is 30.2 Å². The quantitative estimate of drug-likeness (QED) is 0.406. The van der Waals surface area contributed by atoms with Gasteiger partial charge in [0.15, 0.2) is 0 Å². The van der Waals surface area contributed by atoms with E-state index in [1.54, 1.807) is 4.68 Å². The van der Waals surface area contributed by atoms with E-state index in [-0.39, 0.29) is 5.91 Å². The Kier molecular flexibility index (Phi) is 4.69. The zero-order chi connectivity index (χ0) is 23.2. The van der Waals surface area contributed by atoms with Gasteiger partial charge in [-0.3, -0.25) is 9.48 Å². The van der Waals surface area contributed by atoms with Crippen LogP contribution in [0, 0.1) is 6.92 Å². The van der Waals surface area contributed by atoms with E-state index in [1.807, 2.05) is 83.6 Å².